The van der Waals surface area contributed by atoms with E-state index in [1.807, 2.05) is 37.6 Å². The fraction of sp³-hybridized carbons (Fsp3) is 0.263. The van der Waals surface area contributed by atoms with Crippen LogP contribution in [0, 0.1) is 20.8 Å². The lowest BCUT2D eigenvalue weighted by Gasteiger charge is -2.08. The van der Waals surface area contributed by atoms with Gasteiger partial charge < -0.3 is 5.32 Å². The quantitative estimate of drug-likeness (QED) is 0.778. The first-order chi connectivity index (χ1) is 12.0. The van der Waals surface area contributed by atoms with Crippen molar-refractivity contribution in [1.29, 1.82) is 0 Å². The first-order valence-electron chi connectivity index (χ1n) is 8.17. The van der Waals surface area contributed by atoms with Crippen molar-refractivity contribution in [2.75, 3.05) is 0 Å². The molecule has 0 bridgehead atoms. The summed E-state index contributed by atoms with van der Waals surface area (Å²) in [6.45, 7) is 7.03. The SMILES string of the molecule is Cc1cnc(C(=O)NCc2cccc(Cn3nc(C)cc3C)c2)cn1. The highest BCUT2D eigenvalue weighted by atomic mass is 16.1. The van der Waals surface area contributed by atoms with Gasteiger partial charge in [0.1, 0.15) is 5.69 Å². The van der Waals surface area contributed by atoms with Crippen LogP contribution in [0.3, 0.4) is 0 Å². The van der Waals surface area contributed by atoms with Crippen LogP contribution < -0.4 is 5.32 Å². The number of benzene rings is 1. The molecule has 1 N–H and O–H groups in total. The van der Waals surface area contributed by atoms with E-state index < -0.39 is 0 Å². The van der Waals surface area contributed by atoms with Crippen LogP contribution in [0.25, 0.3) is 0 Å². The van der Waals surface area contributed by atoms with Gasteiger partial charge in [-0.3, -0.25) is 14.5 Å². The third kappa shape index (κ3) is 4.29. The van der Waals surface area contributed by atoms with Crippen LogP contribution in [0.2, 0.25) is 0 Å². The highest BCUT2D eigenvalue weighted by Gasteiger charge is 2.08. The number of amides is 1. The lowest BCUT2D eigenvalue weighted by atomic mass is 10.1. The molecule has 0 aliphatic carbocycles. The second-order valence-electron chi connectivity index (χ2n) is 6.13. The number of aromatic nitrogens is 4. The van der Waals surface area contributed by atoms with Crippen molar-refractivity contribution in [2.45, 2.75) is 33.9 Å². The van der Waals surface area contributed by atoms with Gasteiger partial charge in [0.05, 0.1) is 24.1 Å². The van der Waals surface area contributed by atoms with Gasteiger partial charge in [0.15, 0.2) is 0 Å². The Bertz CT molecular complexity index is 883. The molecule has 3 aromatic rings. The minimum absolute atomic E-state index is 0.226. The summed E-state index contributed by atoms with van der Waals surface area (Å²) in [5.74, 6) is -0.226. The van der Waals surface area contributed by atoms with E-state index in [1.165, 1.54) is 6.20 Å². The van der Waals surface area contributed by atoms with E-state index in [0.717, 1.165) is 28.2 Å². The van der Waals surface area contributed by atoms with Crippen molar-refractivity contribution in [1.82, 2.24) is 25.1 Å². The number of carbonyl (C=O) groups is 1. The Hall–Kier alpha value is -3.02. The number of nitrogens with one attached hydrogen (secondary N) is 1. The van der Waals surface area contributed by atoms with Crippen LogP contribution in [0.15, 0.2) is 42.7 Å². The Balaban J connectivity index is 1.64. The summed E-state index contributed by atoms with van der Waals surface area (Å²) in [7, 11) is 0. The standard InChI is InChI=1S/C19H21N5O/c1-13-7-15(3)24(23-13)12-17-6-4-5-16(8-17)10-22-19(25)18-11-20-14(2)9-21-18/h4-9,11H,10,12H2,1-3H3,(H,22,25). The van der Waals surface area contributed by atoms with Crippen molar-refractivity contribution < 1.29 is 4.79 Å². The summed E-state index contributed by atoms with van der Waals surface area (Å²) in [6.07, 6.45) is 3.08. The maximum absolute atomic E-state index is 12.1. The summed E-state index contributed by atoms with van der Waals surface area (Å²) in [5, 5.41) is 7.37. The minimum atomic E-state index is -0.226. The van der Waals surface area contributed by atoms with E-state index in [1.54, 1.807) is 6.20 Å². The largest absolute Gasteiger partial charge is 0.347 e. The molecule has 2 aromatic heterocycles. The lowest BCUT2D eigenvalue weighted by molar-refractivity contribution is 0.0945. The zero-order valence-corrected chi connectivity index (χ0v) is 14.7. The molecule has 0 radical (unpaired) electrons. The summed E-state index contributed by atoms with van der Waals surface area (Å²) < 4.78 is 1.98. The van der Waals surface area contributed by atoms with Crippen LogP contribution in [-0.2, 0) is 13.1 Å². The van der Waals surface area contributed by atoms with Crippen LogP contribution in [0.1, 0.15) is 38.7 Å². The summed E-state index contributed by atoms with van der Waals surface area (Å²) >= 11 is 0. The molecule has 0 atom stereocenters. The van der Waals surface area contributed by atoms with Gasteiger partial charge in [-0.2, -0.15) is 5.10 Å². The summed E-state index contributed by atoms with van der Waals surface area (Å²) in [6, 6.07) is 10.2. The van der Waals surface area contributed by atoms with Crippen LogP contribution >= 0.6 is 0 Å². The molecule has 0 fully saturated rings. The average Bonchev–Trinajstić information content (AvgIpc) is 2.91. The number of carbonyl (C=O) groups excluding carboxylic acids is 1. The van der Waals surface area contributed by atoms with Gasteiger partial charge in [0.2, 0.25) is 0 Å². The smallest absolute Gasteiger partial charge is 0.271 e. The maximum Gasteiger partial charge on any atom is 0.271 e. The van der Waals surface area contributed by atoms with Crippen LogP contribution in [-0.4, -0.2) is 25.7 Å². The second kappa shape index (κ2) is 7.25. The molecule has 0 saturated heterocycles. The molecule has 6 nitrogen and oxygen atoms in total. The van der Waals surface area contributed by atoms with Gasteiger partial charge in [-0.1, -0.05) is 24.3 Å². The fourth-order valence-electron chi connectivity index (χ4n) is 2.63. The molecule has 0 unspecified atom stereocenters. The molecule has 3 rings (SSSR count). The molecule has 0 aliphatic heterocycles. The van der Waals surface area contributed by atoms with E-state index in [0.29, 0.717) is 18.8 Å². The van der Waals surface area contributed by atoms with Gasteiger partial charge in [-0.25, -0.2) is 4.98 Å². The zero-order chi connectivity index (χ0) is 17.8. The molecule has 0 spiro atoms. The summed E-state index contributed by atoms with van der Waals surface area (Å²) in [5.41, 5.74) is 5.44. The number of aryl methyl sites for hydroxylation is 3. The molecular formula is C19H21N5O. The van der Waals surface area contributed by atoms with Crippen LogP contribution in [0.4, 0.5) is 0 Å². The normalized spacial score (nSPS) is 10.7. The van der Waals surface area contributed by atoms with Crippen molar-refractivity contribution in [2.24, 2.45) is 0 Å². The first kappa shape index (κ1) is 16.8. The summed E-state index contributed by atoms with van der Waals surface area (Å²) in [4.78, 5) is 20.3. The fourth-order valence-corrected chi connectivity index (χ4v) is 2.63. The van der Waals surface area contributed by atoms with Crippen molar-refractivity contribution in [3.05, 3.63) is 76.6 Å². The number of nitrogens with zero attached hydrogens (tertiary/aromatic N) is 4. The highest BCUT2D eigenvalue weighted by molar-refractivity contribution is 5.91. The molecular weight excluding hydrogens is 314 g/mol. The van der Waals surface area contributed by atoms with Crippen LogP contribution in [0.5, 0.6) is 0 Å². The molecule has 1 aromatic carbocycles. The minimum Gasteiger partial charge on any atom is -0.347 e. The Kier molecular flexibility index (Phi) is 4.88. The molecule has 0 saturated carbocycles. The molecule has 128 valence electrons. The molecule has 25 heavy (non-hydrogen) atoms. The molecule has 1 amide bonds. The van der Waals surface area contributed by atoms with E-state index in [4.69, 9.17) is 0 Å². The van der Waals surface area contributed by atoms with Gasteiger partial charge in [-0.05, 0) is 38.0 Å². The number of hydrogen-bond donors (Lipinski definition) is 1. The predicted octanol–water partition coefficient (Wildman–Crippen LogP) is 2.58. The topological polar surface area (TPSA) is 72.7 Å². The predicted molar refractivity (Wildman–Crippen MR) is 95.2 cm³/mol. The Morgan fingerprint density at radius 2 is 1.84 bits per heavy atom. The Morgan fingerprint density at radius 1 is 1.04 bits per heavy atom. The second-order valence-corrected chi connectivity index (χ2v) is 6.13. The third-order valence-electron chi connectivity index (χ3n) is 3.89. The number of hydrogen-bond acceptors (Lipinski definition) is 4. The van der Waals surface area contributed by atoms with Gasteiger partial charge in [0.25, 0.3) is 5.91 Å². The van der Waals surface area contributed by atoms with E-state index >= 15 is 0 Å². The van der Waals surface area contributed by atoms with Crippen molar-refractivity contribution in [3.8, 4) is 0 Å². The van der Waals surface area contributed by atoms with E-state index in [-0.39, 0.29) is 5.91 Å². The van der Waals surface area contributed by atoms with E-state index in [2.05, 4.69) is 38.6 Å². The lowest BCUT2D eigenvalue weighted by Crippen LogP contribution is -2.24. The molecule has 0 aliphatic rings. The zero-order valence-electron chi connectivity index (χ0n) is 14.7. The maximum atomic E-state index is 12.1. The monoisotopic (exact) mass is 335 g/mol. The highest BCUT2D eigenvalue weighted by Crippen LogP contribution is 2.10. The van der Waals surface area contributed by atoms with Crippen molar-refractivity contribution in [3.63, 3.8) is 0 Å². The third-order valence-corrected chi connectivity index (χ3v) is 3.89. The van der Waals surface area contributed by atoms with E-state index in [9.17, 15) is 4.79 Å². The van der Waals surface area contributed by atoms with Gasteiger partial charge in [0, 0.05) is 18.4 Å². The van der Waals surface area contributed by atoms with Gasteiger partial charge >= 0.3 is 0 Å². The van der Waals surface area contributed by atoms with Gasteiger partial charge in [-0.15, -0.1) is 0 Å². The average molecular weight is 335 g/mol. The number of rotatable bonds is 5. The first-order valence-corrected chi connectivity index (χ1v) is 8.17. The molecule has 2 heterocycles. The Morgan fingerprint density at radius 3 is 2.52 bits per heavy atom. The Labute approximate surface area is 146 Å². The van der Waals surface area contributed by atoms with Crippen molar-refractivity contribution >= 4 is 5.91 Å². The molecule has 6 heteroatoms.